The number of rotatable bonds is 11. The van der Waals surface area contributed by atoms with E-state index in [0.717, 1.165) is 77.7 Å². The normalized spacial score (nSPS) is 21.2. The summed E-state index contributed by atoms with van der Waals surface area (Å²) in [7, 11) is 1.27. The van der Waals surface area contributed by atoms with Crippen LogP contribution in [0.25, 0.3) is 44.7 Å². The number of nitrogens with zero attached hydrogens (tertiary/aromatic N) is 6. The molecule has 3 aromatic heterocycles. The number of benzene rings is 4. The van der Waals surface area contributed by atoms with Gasteiger partial charge < -0.3 is 43.9 Å². The molecule has 5 aliphatic heterocycles. The Morgan fingerprint density at radius 2 is 1.60 bits per heavy atom. The fourth-order valence-electron chi connectivity index (χ4n) is 11.5. The smallest absolute Gasteiger partial charge is 0.407 e. The number of fused-ring (bicyclic) bond motifs is 6. The van der Waals surface area contributed by atoms with Crippen molar-refractivity contribution in [2.45, 2.75) is 88.9 Å². The number of amides is 3. The number of alkyl carbamates (subject to hydrolysis) is 1. The number of likely N-dealkylation sites (tertiary alicyclic amines) is 3. The van der Waals surface area contributed by atoms with E-state index < -0.39 is 42.4 Å². The van der Waals surface area contributed by atoms with Crippen LogP contribution in [0.5, 0.6) is 11.5 Å². The number of H-pyrrole nitrogens is 2. The highest BCUT2D eigenvalue weighted by atomic mass is 19.1. The van der Waals surface area contributed by atoms with Gasteiger partial charge in [0.15, 0.2) is 0 Å². The first kappa shape index (κ1) is 46.5. The summed E-state index contributed by atoms with van der Waals surface area (Å²) in [5, 5.41) is 3.52. The molecule has 3 amide bonds. The second-order valence-corrected chi connectivity index (χ2v) is 20.2. The average molecular weight is 990 g/mol. The van der Waals surface area contributed by atoms with Crippen molar-refractivity contribution in [1.82, 2.24) is 44.5 Å². The first-order valence-electron chi connectivity index (χ1n) is 25.4. The molecule has 73 heavy (non-hydrogen) atoms. The lowest BCUT2D eigenvalue weighted by molar-refractivity contribution is -0.140. The topological polar surface area (TPSA) is 163 Å². The van der Waals surface area contributed by atoms with Crippen LogP contribution in [-0.4, -0.2) is 109 Å². The maximum Gasteiger partial charge on any atom is 0.407 e. The molecule has 15 nitrogen and oxygen atoms in total. The van der Waals surface area contributed by atoms with E-state index in [4.69, 9.17) is 24.2 Å². The van der Waals surface area contributed by atoms with Crippen LogP contribution < -0.4 is 14.8 Å². The highest BCUT2D eigenvalue weighted by molar-refractivity contribution is 5.93. The lowest BCUT2D eigenvalue weighted by atomic mass is 10.00. The molecular formula is C56H57F2N9O6. The van der Waals surface area contributed by atoms with Crippen molar-refractivity contribution in [2.75, 3.05) is 39.9 Å². The quantitative estimate of drug-likeness (QED) is 0.115. The summed E-state index contributed by atoms with van der Waals surface area (Å²) in [5.41, 5.74) is 7.20. The molecule has 7 aromatic rings. The monoisotopic (exact) mass is 989 g/mol. The summed E-state index contributed by atoms with van der Waals surface area (Å²) in [6.07, 6.45) is 5.24. The number of carbonyl (C=O) groups excluding carboxylic acids is 3. The minimum absolute atomic E-state index is 0.000239. The van der Waals surface area contributed by atoms with E-state index in [-0.39, 0.29) is 36.7 Å². The molecule has 3 fully saturated rings. The first-order chi connectivity index (χ1) is 35.5. The summed E-state index contributed by atoms with van der Waals surface area (Å²) in [5.74, 6) is 1.22. The van der Waals surface area contributed by atoms with Crippen LogP contribution in [0.1, 0.15) is 98.6 Å². The molecular weight excluding hydrogens is 933 g/mol. The summed E-state index contributed by atoms with van der Waals surface area (Å²) in [4.78, 5) is 62.3. The Bertz CT molecular complexity index is 3260. The number of aromatic nitrogens is 5. The Hall–Kier alpha value is -7.53. The number of aryl methyl sites for hydroxylation is 1. The van der Waals surface area contributed by atoms with Crippen molar-refractivity contribution < 1.29 is 37.4 Å². The predicted molar refractivity (Wildman–Crippen MR) is 269 cm³/mol. The maximum atomic E-state index is 17.1. The SMILES string of the molecule is COC(=O)NC(C(=O)N1CCC[C@H]1c1ncc(-c2cc(F)c3c(c2)OC(c2ccc4c(c2)OCCC4)n2c-3cc3cc(-c4cnc([C@@H]5C[C@@H](F)CN5C(=O)[C@@H](c5ccccc5)N5CCC5)[nH]4)ccc32)[nH]1)C(C)C. The molecule has 8 heterocycles. The van der Waals surface area contributed by atoms with Crippen LogP contribution in [0.4, 0.5) is 13.6 Å². The second kappa shape index (κ2) is 18.8. The second-order valence-electron chi connectivity index (χ2n) is 20.2. The lowest BCUT2D eigenvalue weighted by Gasteiger charge is -2.40. The molecule has 3 N–H and O–H groups in total. The van der Waals surface area contributed by atoms with Gasteiger partial charge in [-0.25, -0.2) is 23.5 Å². The average Bonchev–Trinajstić information content (AvgIpc) is 4.26. The number of imidazole rings is 2. The fraction of sp³-hybridized carbons (Fsp3) is 0.375. The number of carbonyl (C=O) groups is 3. The zero-order chi connectivity index (χ0) is 50.1. The van der Waals surface area contributed by atoms with Crippen LogP contribution in [0, 0.1) is 11.7 Å². The number of halogens is 2. The maximum absolute atomic E-state index is 17.1. The molecule has 12 rings (SSSR count). The van der Waals surface area contributed by atoms with Gasteiger partial charge in [0.25, 0.3) is 0 Å². The van der Waals surface area contributed by atoms with Gasteiger partial charge in [-0.05, 0) is 85.5 Å². The number of hydrogen-bond acceptors (Lipinski definition) is 9. The first-order valence-corrected chi connectivity index (χ1v) is 25.4. The Kier molecular flexibility index (Phi) is 12.0. The van der Waals surface area contributed by atoms with Crippen LogP contribution in [0.15, 0.2) is 97.3 Å². The van der Waals surface area contributed by atoms with Gasteiger partial charge in [-0.3, -0.25) is 14.5 Å². The highest BCUT2D eigenvalue weighted by Gasteiger charge is 2.44. The Labute approximate surface area is 420 Å². The van der Waals surface area contributed by atoms with Crippen LogP contribution in [-0.2, 0) is 20.7 Å². The fourth-order valence-corrected chi connectivity index (χ4v) is 11.5. The number of nitrogens with one attached hydrogen (secondary N) is 3. The van der Waals surface area contributed by atoms with Gasteiger partial charge in [-0.1, -0.05) is 62.4 Å². The van der Waals surface area contributed by atoms with E-state index in [1.54, 1.807) is 22.2 Å². The molecule has 5 aliphatic rings. The van der Waals surface area contributed by atoms with Crippen molar-refractivity contribution in [3.63, 3.8) is 0 Å². The molecule has 4 aromatic carbocycles. The van der Waals surface area contributed by atoms with Gasteiger partial charge in [0.05, 0.1) is 72.9 Å². The molecule has 3 saturated heterocycles. The van der Waals surface area contributed by atoms with Crippen molar-refractivity contribution >= 4 is 28.8 Å². The molecule has 17 heteroatoms. The number of hydrogen-bond donors (Lipinski definition) is 3. The highest BCUT2D eigenvalue weighted by Crippen LogP contribution is 2.48. The summed E-state index contributed by atoms with van der Waals surface area (Å²) in [6.45, 7) is 6.48. The largest absolute Gasteiger partial charge is 0.493 e. The Morgan fingerprint density at radius 1 is 0.822 bits per heavy atom. The van der Waals surface area contributed by atoms with E-state index in [1.165, 1.54) is 13.2 Å². The number of methoxy groups -OCH3 is 1. The summed E-state index contributed by atoms with van der Waals surface area (Å²) < 4.78 is 52.3. The van der Waals surface area contributed by atoms with E-state index in [2.05, 4.69) is 26.3 Å². The summed E-state index contributed by atoms with van der Waals surface area (Å²) >= 11 is 0. The summed E-state index contributed by atoms with van der Waals surface area (Å²) in [6, 6.07) is 24.9. The van der Waals surface area contributed by atoms with E-state index in [0.29, 0.717) is 65.2 Å². The molecule has 0 saturated carbocycles. The minimum atomic E-state index is -1.19. The van der Waals surface area contributed by atoms with Crippen LogP contribution in [0.3, 0.4) is 0 Å². The van der Waals surface area contributed by atoms with Gasteiger partial charge in [0, 0.05) is 48.1 Å². The molecule has 0 aliphatic carbocycles. The molecule has 2 unspecified atom stereocenters. The molecule has 0 radical (unpaired) electrons. The van der Waals surface area contributed by atoms with E-state index in [9.17, 15) is 14.4 Å². The van der Waals surface area contributed by atoms with E-state index in [1.807, 2.05) is 91.2 Å². The van der Waals surface area contributed by atoms with Crippen molar-refractivity contribution in [3.05, 3.63) is 131 Å². The lowest BCUT2D eigenvalue weighted by Crippen LogP contribution is -2.51. The molecule has 0 spiro atoms. The van der Waals surface area contributed by atoms with E-state index >= 15 is 8.78 Å². The third kappa shape index (κ3) is 8.36. The molecule has 0 bridgehead atoms. The third-order valence-corrected chi connectivity index (χ3v) is 15.4. The standard InChI is InChI=1S/C56H57F2N9O6/c1-31(2)49(63-56(70)71-3)53(68)65-20-7-13-43(65)51-59-29-41(62-51)36-23-39(58)48-44-24-37-22-34(16-17-42(37)67(44)55(73-47(48)26-36)35-15-14-32-12-8-21-72-46(32)25-35)40-28-60-52(61-40)45-27-38(57)30-66(45)54(69)50(64-18-9-19-64)33-10-5-4-6-11-33/h4-6,10-11,14-17,22-26,28-29,31,38,43,45,49-50,55H,7-9,12-13,18-21,27,30H2,1-3H3,(H,59,62)(H,60,61)(H,63,70)/t38-,43+,45+,49?,50-,55?/m1/s1. The zero-order valence-electron chi connectivity index (χ0n) is 40.9. The van der Waals surface area contributed by atoms with Crippen LogP contribution >= 0.6 is 0 Å². The van der Waals surface area contributed by atoms with Gasteiger partial charge in [0.1, 0.15) is 47.2 Å². The van der Waals surface area contributed by atoms with Gasteiger partial charge in [0.2, 0.25) is 18.0 Å². The van der Waals surface area contributed by atoms with Crippen molar-refractivity contribution in [2.24, 2.45) is 5.92 Å². The minimum Gasteiger partial charge on any atom is -0.493 e. The number of ether oxygens (including phenoxy) is 3. The number of alkyl halides is 1. The third-order valence-electron chi connectivity index (χ3n) is 15.4. The van der Waals surface area contributed by atoms with Crippen molar-refractivity contribution in [3.8, 4) is 45.3 Å². The molecule has 6 atom stereocenters. The zero-order valence-corrected chi connectivity index (χ0v) is 40.9. The van der Waals surface area contributed by atoms with Gasteiger partial charge >= 0.3 is 6.09 Å². The molecule has 376 valence electrons. The Balaban J connectivity index is 0.873. The Morgan fingerprint density at radius 3 is 2.36 bits per heavy atom. The van der Waals surface area contributed by atoms with Gasteiger partial charge in [-0.2, -0.15) is 0 Å². The predicted octanol–water partition coefficient (Wildman–Crippen LogP) is 9.59. The van der Waals surface area contributed by atoms with Crippen LogP contribution in [0.2, 0.25) is 0 Å². The van der Waals surface area contributed by atoms with Gasteiger partial charge in [-0.15, -0.1) is 0 Å². The number of aromatic amines is 2. The van der Waals surface area contributed by atoms with Crippen molar-refractivity contribution in [1.29, 1.82) is 0 Å².